The van der Waals surface area contributed by atoms with Crippen LogP contribution in [0, 0.1) is 11.3 Å². The number of nitrogens with zero attached hydrogens (tertiary/aromatic N) is 4. The number of aromatic nitrogens is 3. The number of benzene rings is 1. The second kappa shape index (κ2) is 7.01. The van der Waals surface area contributed by atoms with Crippen molar-refractivity contribution in [3.8, 4) is 34.7 Å². The molecule has 0 fully saturated rings. The molecule has 2 heterocycles. The summed E-state index contributed by atoms with van der Waals surface area (Å²) in [6, 6.07) is 11.0. The molecule has 0 spiro atoms. The molecule has 0 saturated heterocycles. The fraction of sp³-hybridized carbons (Fsp3) is 0.222. The van der Waals surface area contributed by atoms with Crippen LogP contribution in [0.5, 0.6) is 5.75 Å². The van der Waals surface area contributed by atoms with Gasteiger partial charge in [0.25, 0.3) is 5.89 Å². The Labute approximate surface area is 145 Å². The van der Waals surface area contributed by atoms with Gasteiger partial charge in [0, 0.05) is 18.8 Å². The molecule has 0 bridgehead atoms. The van der Waals surface area contributed by atoms with E-state index in [1.807, 2.05) is 19.9 Å². The third-order valence-electron chi connectivity index (χ3n) is 3.42. The Morgan fingerprint density at radius 1 is 1.28 bits per heavy atom. The molecule has 0 amide bonds. The van der Waals surface area contributed by atoms with E-state index in [-0.39, 0.29) is 6.10 Å². The molecule has 1 aromatic carbocycles. The van der Waals surface area contributed by atoms with Gasteiger partial charge in [-0.05, 0) is 44.2 Å². The smallest absolute Gasteiger partial charge is 0.258 e. The maximum absolute atomic E-state index is 9.34. The molecule has 0 aliphatic heterocycles. The van der Waals surface area contributed by atoms with Gasteiger partial charge in [0.2, 0.25) is 5.82 Å². The first-order valence-electron chi connectivity index (χ1n) is 7.80. The highest BCUT2D eigenvalue weighted by Gasteiger charge is 2.16. The molecule has 2 aromatic heterocycles. The Kier molecular flexibility index (Phi) is 4.61. The first-order valence-corrected chi connectivity index (χ1v) is 7.80. The number of ether oxygens (including phenoxy) is 1. The summed E-state index contributed by atoms with van der Waals surface area (Å²) in [6.45, 7) is 3.82. The zero-order valence-electron chi connectivity index (χ0n) is 14.1. The quantitative estimate of drug-likeness (QED) is 0.762. The van der Waals surface area contributed by atoms with Crippen LogP contribution in [0.25, 0.3) is 22.8 Å². The number of rotatable bonds is 5. The second-order valence-electron chi connectivity index (χ2n) is 5.56. The molecular weight excluding hydrogens is 318 g/mol. The van der Waals surface area contributed by atoms with Gasteiger partial charge in [-0.15, -0.1) is 0 Å². The minimum atomic E-state index is -0.0153. The summed E-state index contributed by atoms with van der Waals surface area (Å²) in [5, 5.41) is 16.4. The first-order chi connectivity index (χ1) is 12.1. The van der Waals surface area contributed by atoms with Crippen LogP contribution in [0.4, 0.5) is 5.82 Å². The van der Waals surface area contributed by atoms with Crippen molar-refractivity contribution in [2.45, 2.75) is 20.0 Å². The van der Waals surface area contributed by atoms with Crippen LogP contribution >= 0.6 is 0 Å². The van der Waals surface area contributed by atoms with Gasteiger partial charge in [-0.2, -0.15) is 10.2 Å². The lowest BCUT2D eigenvalue weighted by atomic mass is 10.1. The van der Waals surface area contributed by atoms with Crippen molar-refractivity contribution < 1.29 is 9.26 Å². The van der Waals surface area contributed by atoms with Gasteiger partial charge in [0.05, 0.1) is 17.2 Å². The van der Waals surface area contributed by atoms with E-state index in [9.17, 15) is 5.26 Å². The molecule has 0 aliphatic rings. The van der Waals surface area contributed by atoms with Crippen molar-refractivity contribution in [2.75, 3.05) is 12.4 Å². The maximum Gasteiger partial charge on any atom is 0.258 e. The lowest BCUT2D eigenvalue weighted by Gasteiger charge is -2.11. The minimum Gasteiger partial charge on any atom is -0.490 e. The minimum absolute atomic E-state index is 0.0153. The molecule has 1 N–H and O–H groups in total. The van der Waals surface area contributed by atoms with E-state index in [1.165, 1.54) is 0 Å². The number of hydrogen-bond donors (Lipinski definition) is 1. The van der Waals surface area contributed by atoms with Crippen LogP contribution < -0.4 is 10.1 Å². The van der Waals surface area contributed by atoms with Crippen molar-refractivity contribution >= 4 is 5.82 Å². The third-order valence-corrected chi connectivity index (χ3v) is 3.42. The van der Waals surface area contributed by atoms with Gasteiger partial charge in [0.15, 0.2) is 0 Å². The Bertz CT molecular complexity index is 927. The topological polar surface area (TPSA) is 96.9 Å². The zero-order valence-corrected chi connectivity index (χ0v) is 14.1. The number of hydrogen-bond acceptors (Lipinski definition) is 7. The summed E-state index contributed by atoms with van der Waals surface area (Å²) >= 11 is 0. The van der Waals surface area contributed by atoms with Crippen molar-refractivity contribution in [3.63, 3.8) is 0 Å². The largest absolute Gasteiger partial charge is 0.490 e. The second-order valence-corrected chi connectivity index (χ2v) is 5.56. The molecule has 126 valence electrons. The van der Waals surface area contributed by atoms with Crippen LogP contribution in [0.2, 0.25) is 0 Å². The van der Waals surface area contributed by atoms with Crippen molar-refractivity contribution in [2.24, 2.45) is 0 Å². The molecule has 25 heavy (non-hydrogen) atoms. The molecule has 0 saturated carbocycles. The molecule has 3 aromatic rings. The summed E-state index contributed by atoms with van der Waals surface area (Å²) in [7, 11) is 1.78. The highest BCUT2D eigenvalue weighted by Crippen LogP contribution is 2.29. The predicted molar refractivity (Wildman–Crippen MR) is 93.0 cm³/mol. The number of nitrogens with one attached hydrogen (secondary N) is 1. The number of pyridine rings is 1. The van der Waals surface area contributed by atoms with Crippen LogP contribution in [0.15, 0.2) is 41.1 Å². The van der Waals surface area contributed by atoms with E-state index in [1.54, 1.807) is 37.5 Å². The van der Waals surface area contributed by atoms with Crippen molar-refractivity contribution in [1.29, 1.82) is 5.26 Å². The highest BCUT2D eigenvalue weighted by atomic mass is 16.5. The van der Waals surface area contributed by atoms with E-state index in [2.05, 4.69) is 26.5 Å². The van der Waals surface area contributed by atoms with E-state index < -0.39 is 0 Å². The number of anilines is 1. The van der Waals surface area contributed by atoms with E-state index in [0.29, 0.717) is 34.4 Å². The summed E-state index contributed by atoms with van der Waals surface area (Å²) in [5.74, 6) is 1.95. The zero-order chi connectivity index (χ0) is 17.8. The van der Waals surface area contributed by atoms with Crippen molar-refractivity contribution in [1.82, 2.24) is 15.1 Å². The molecule has 0 radical (unpaired) electrons. The Balaban J connectivity index is 1.96. The van der Waals surface area contributed by atoms with Crippen LogP contribution in [0.3, 0.4) is 0 Å². The van der Waals surface area contributed by atoms with E-state index >= 15 is 0 Å². The average molecular weight is 335 g/mol. The molecule has 0 aliphatic carbocycles. The normalized spacial score (nSPS) is 10.5. The van der Waals surface area contributed by atoms with Gasteiger partial charge in [-0.1, -0.05) is 5.16 Å². The monoisotopic (exact) mass is 335 g/mol. The van der Waals surface area contributed by atoms with Gasteiger partial charge in [0.1, 0.15) is 17.6 Å². The Morgan fingerprint density at radius 3 is 2.84 bits per heavy atom. The first kappa shape index (κ1) is 16.5. The number of nitriles is 1. The predicted octanol–water partition coefficient (Wildman–Crippen LogP) is 3.50. The van der Waals surface area contributed by atoms with Gasteiger partial charge >= 0.3 is 0 Å². The van der Waals surface area contributed by atoms with Crippen molar-refractivity contribution in [3.05, 3.63) is 42.1 Å². The molecule has 7 heteroatoms. The van der Waals surface area contributed by atoms with Crippen LogP contribution in [-0.2, 0) is 0 Å². The summed E-state index contributed by atoms with van der Waals surface area (Å²) in [4.78, 5) is 8.65. The van der Waals surface area contributed by atoms with E-state index in [4.69, 9.17) is 9.26 Å². The Hall–Kier alpha value is -3.40. The maximum atomic E-state index is 9.34. The molecule has 7 nitrogen and oxygen atoms in total. The van der Waals surface area contributed by atoms with E-state index in [0.717, 1.165) is 5.56 Å². The molecule has 0 unspecified atom stereocenters. The molecule has 0 atom stereocenters. The molecule has 3 rings (SSSR count). The third kappa shape index (κ3) is 3.43. The standard InChI is InChI=1S/C18H17N5O2/c1-11(2)24-15-7-6-12(9-13(15)10-19)18-22-17(23-25-18)14-5-4-8-21-16(14)20-3/h4-9,11H,1-3H3,(H,20,21). The average Bonchev–Trinajstić information content (AvgIpc) is 3.11. The SMILES string of the molecule is CNc1ncccc1-c1noc(-c2ccc(OC(C)C)c(C#N)c2)n1. The summed E-state index contributed by atoms with van der Waals surface area (Å²) in [5.41, 5.74) is 1.81. The summed E-state index contributed by atoms with van der Waals surface area (Å²) in [6.07, 6.45) is 1.67. The van der Waals surface area contributed by atoms with Gasteiger partial charge in [-0.25, -0.2) is 4.98 Å². The van der Waals surface area contributed by atoms with Gasteiger partial charge in [-0.3, -0.25) is 0 Å². The Morgan fingerprint density at radius 2 is 2.12 bits per heavy atom. The van der Waals surface area contributed by atoms with Gasteiger partial charge < -0.3 is 14.6 Å². The lowest BCUT2D eigenvalue weighted by Crippen LogP contribution is -2.06. The van der Waals surface area contributed by atoms with Crippen LogP contribution in [-0.4, -0.2) is 28.3 Å². The van der Waals surface area contributed by atoms with Crippen LogP contribution in [0.1, 0.15) is 19.4 Å². The fourth-order valence-corrected chi connectivity index (χ4v) is 2.34. The summed E-state index contributed by atoms with van der Waals surface area (Å²) < 4.78 is 11.0. The highest BCUT2D eigenvalue weighted by molar-refractivity contribution is 5.71. The fourth-order valence-electron chi connectivity index (χ4n) is 2.34. The molecular formula is C18H17N5O2. The lowest BCUT2D eigenvalue weighted by molar-refractivity contribution is 0.242.